The molecular weight excluding hydrogens is 360 g/mol. The SMILES string of the molecule is CCCCCNc1cc(C(=O)N2CCN(C/C=C/c3ccccc3)CC2)ccn1. The summed E-state index contributed by atoms with van der Waals surface area (Å²) in [5.74, 6) is 0.889. The highest BCUT2D eigenvalue weighted by Gasteiger charge is 2.21. The lowest BCUT2D eigenvalue weighted by molar-refractivity contribution is 0.0650. The summed E-state index contributed by atoms with van der Waals surface area (Å²) < 4.78 is 0. The molecule has 0 unspecified atom stereocenters. The second kappa shape index (κ2) is 11.4. The fraction of sp³-hybridized carbons (Fsp3) is 0.417. The van der Waals surface area contributed by atoms with E-state index in [1.165, 1.54) is 18.4 Å². The number of benzene rings is 1. The number of nitrogens with one attached hydrogen (secondary N) is 1. The van der Waals surface area contributed by atoms with Gasteiger partial charge in [0, 0.05) is 51.0 Å². The van der Waals surface area contributed by atoms with E-state index in [-0.39, 0.29) is 5.91 Å². The number of nitrogens with zero attached hydrogens (tertiary/aromatic N) is 3. The molecule has 0 radical (unpaired) electrons. The molecule has 1 aromatic heterocycles. The van der Waals surface area contributed by atoms with Crippen LogP contribution in [0.2, 0.25) is 0 Å². The summed E-state index contributed by atoms with van der Waals surface area (Å²) in [5, 5.41) is 3.32. The van der Waals surface area contributed by atoms with Gasteiger partial charge in [0.1, 0.15) is 5.82 Å². The van der Waals surface area contributed by atoms with Crippen LogP contribution in [-0.4, -0.2) is 60.0 Å². The molecule has 0 saturated carbocycles. The number of pyridine rings is 1. The number of unbranched alkanes of at least 4 members (excludes halogenated alkanes) is 2. The normalized spacial score (nSPS) is 15.0. The molecule has 29 heavy (non-hydrogen) atoms. The Kier molecular flexibility index (Phi) is 8.25. The number of rotatable bonds is 9. The standard InChI is InChI=1S/C24H32N4O/c1-2-3-7-13-25-23-20-22(12-14-26-23)24(29)28-18-16-27(17-19-28)15-8-11-21-9-5-4-6-10-21/h4-6,8-12,14,20H,2-3,7,13,15-19H2,1H3,(H,25,26)/b11-8+. The van der Waals surface area contributed by atoms with Crippen LogP contribution in [0.15, 0.2) is 54.7 Å². The fourth-order valence-corrected chi connectivity index (χ4v) is 3.47. The lowest BCUT2D eigenvalue weighted by atomic mass is 10.2. The van der Waals surface area contributed by atoms with E-state index in [1.807, 2.05) is 23.1 Å². The number of aromatic nitrogens is 1. The van der Waals surface area contributed by atoms with Crippen molar-refractivity contribution in [1.82, 2.24) is 14.8 Å². The van der Waals surface area contributed by atoms with Crippen molar-refractivity contribution >= 4 is 17.8 Å². The highest BCUT2D eigenvalue weighted by atomic mass is 16.2. The van der Waals surface area contributed by atoms with Gasteiger partial charge in [-0.2, -0.15) is 0 Å². The van der Waals surface area contributed by atoms with Gasteiger partial charge in [0.25, 0.3) is 5.91 Å². The zero-order chi connectivity index (χ0) is 20.3. The number of carbonyl (C=O) groups excluding carboxylic acids is 1. The van der Waals surface area contributed by atoms with E-state index in [2.05, 4.69) is 58.5 Å². The van der Waals surface area contributed by atoms with Crippen molar-refractivity contribution in [1.29, 1.82) is 0 Å². The van der Waals surface area contributed by atoms with Gasteiger partial charge in [-0.05, 0) is 24.1 Å². The quantitative estimate of drug-likeness (QED) is 0.651. The lowest BCUT2D eigenvalue weighted by Gasteiger charge is -2.34. The zero-order valence-electron chi connectivity index (χ0n) is 17.4. The first kappa shape index (κ1) is 21.1. The fourth-order valence-electron chi connectivity index (χ4n) is 3.47. The average Bonchev–Trinajstić information content (AvgIpc) is 2.78. The highest BCUT2D eigenvalue weighted by Crippen LogP contribution is 2.13. The minimum absolute atomic E-state index is 0.100. The predicted octanol–water partition coefficient (Wildman–Crippen LogP) is 4.15. The van der Waals surface area contributed by atoms with E-state index in [1.54, 1.807) is 6.20 Å². The maximum atomic E-state index is 12.9. The first-order valence-corrected chi connectivity index (χ1v) is 10.7. The lowest BCUT2D eigenvalue weighted by Crippen LogP contribution is -2.48. The third kappa shape index (κ3) is 6.71. The van der Waals surface area contributed by atoms with E-state index in [4.69, 9.17) is 0 Å². The molecular formula is C24H32N4O. The minimum Gasteiger partial charge on any atom is -0.370 e. The van der Waals surface area contributed by atoms with Gasteiger partial charge in [0.2, 0.25) is 0 Å². The van der Waals surface area contributed by atoms with Crippen molar-refractivity contribution in [3.8, 4) is 0 Å². The first-order chi connectivity index (χ1) is 14.3. The summed E-state index contributed by atoms with van der Waals surface area (Å²) in [4.78, 5) is 21.5. The minimum atomic E-state index is 0.100. The van der Waals surface area contributed by atoms with E-state index in [9.17, 15) is 4.79 Å². The van der Waals surface area contributed by atoms with Gasteiger partial charge in [0.05, 0.1) is 0 Å². The van der Waals surface area contributed by atoms with Gasteiger partial charge in [-0.3, -0.25) is 9.69 Å². The highest BCUT2D eigenvalue weighted by molar-refractivity contribution is 5.94. The van der Waals surface area contributed by atoms with Crippen LogP contribution in [0.4, 0.5) is 5.82 Å². The summed E-state index contributed by atoms with van der Waals surface area (Å²) in [7, 11) is 0. The molecule has 0 atom stereocenters. The van der Waals surface area contributed by atoms with Crippen molar-refractivity contribution in [3.63, 3.8) is 0 Å². The Morgan fingerprint density at radius 1 is 1.10 bits per heavy atom. The first-order valence-electron chi connectivity index (χ1n) is 10.7. The van der Waals surface area contributed by atoms with E-state index < -0.39 is 0 Å². The Labute approximate surface area is 174 Å². The van der Waals surface area contributed by atoms with Gasteiger partial charge in [-0.25, -0.2) is 4.98 Å². The van der Waals surface area contributed by atoms with Crippen molar-refractivity contribution < 1.29 is 4.79 Å². The third-order valence-electron chi connectivity index (χ3n) is 5.23. The van der Waals surface area contributed by atoms with E-state index in [0.717, 1.165) is 57.1 Å². The van der Waals surface area contributed by atoms with Crippen LogP contribution in [0.3, 0.4) is 0 Å². The van der Waals surface area contributed by atoms with Crippen LogP contribution < -0.4 is 5.32 Å². The number of amides is 1. The molecule has 5 heteroatoms. The molecule has 0 bridgehead atoms. The average molecular weight is 393 g/mol. The Hall–Kier alpha value is -2.66. The molecule has 3 rings (SSSR count). The summed E-state index contributed by atoms with van der Waals surface area (Å²) in [5.41, 5.74) is 1.94. The van der Waals surface area contributed by atoms with Crippen LogP contribution >= 0.6 is 0 Å². The van der Waals surface area contributed by atoms with Gasteiger partial charge in [-0.15, -0.1) is 0 Å². The van der Waals surface area contributed by atoms with Gasteiger partial charge < -0.3 is 10.2 Å². The Morgan fingerprint density at radius 2 is 1.90 bits per heavy atom. The second-order valence-electron chi connectivity index (χ2n) is 7.47. The van der Waals surface area contributed by atoms with Gasteiger partial charge in [0.15, 0.2) is 0 Å². The Balaban J connectivity index is 1.45. The molecule has 1 saturated heterocycles. The van der Waals surface area contributed by atoms with Gasteiger partial charge in [-0.1, -0.05) is 62.2 Å². The molecule has 154 valence electrons. The van der Waals surface area contributed by atoms with Crippen LogP contribution in [0.5, 0.6) is 0 Å². The monoisotopic (exact) mass is 392 g/mol. The molecule has 2 heterocycles. The van der Waals surface area contributed by atoms with E-state index >= 15 is 0 Å². The molecule has 1 aliphatic rings. The number of piperazine rings is 1. The Bertz CT molecular complexity index is 782. The number of carbonyl (C=O) groups is 1. The number of anilines is 1. The number of hydrogen-bond acceptors (Lipinski definition) is 4. The summed E-state index contributed by atoms with van der Waals surface area (Å²) in [6.07, 6.45) is 9.60. The molecule has 0 spiro atoms. The summed E-state index contributed by atoms with van der Waals surface area (Å²) in [6, 6.07) is 14.0. The van der Waals surface area contributed by atoms with E-state index in [0.29, 0.717) is 0 Å². The predicted molar refractivity (Wildman–Crippen MR) is 120 cm³/mol. The number of hydrogen-bond donors (Lipinski definition) is 1. The van der Waals surface area contributed by atoms with Crippen LogP contribution in [-0.2, 0) is 0 Å². The van der Waals surface area contributed by atoms with Gasteiger partial charge >= 0.3 is 0 Å². The molecule has 1 aromatic carbocycles. The van der Waals surface area contributed by atoms with Crippen molar-refractivity contribution in [2.24, 2.45) is 0 Å². The topological polar surface area (TPSA) is 48.5 Å². The van der Waals surface area contributed by atoms with Crippen molar-refractivity contribution in [2.75, 3.05) is 44.6 Å². The van der Waals surface area contributed by atoms with Crippen molar-refractivity contribution in [3.05, 3.63) is 65.9 Å². The maximum absolute atomic E-state index is 12.9. The molecule has 5 nitrogen and oxygen atoms in total. The second-order valence-corrected chi connectivity index (χ2v) is 7.47. The molecule has 1 amide bonds. The van der Waals surface area contributed by atoms with Crippen molar-refractivity contribution in [2.45, 2.75) is 26.2 Å². The molecule has 1 fully saturated rings. The molecule has 1 N–H and O–H groups in total. The molecule has 2 aromatic rings. The summed E-state index contributed by atoms with van der Waals surface area (Å²) in [6.45, 7) is 7.33. The maximum Gasteiger partial charge on any atom is 0.254 e. The van der Waals surface area contributed by atoms with Crippen LogP contribution in [0.25, 0.3) is 6.08 Å². The largest absolute Gasteiger partial charge is 0.370 e. The van der Waals surface area contributed by atoms with Crippen LogP contribution in [0.1, 0.15) is 42.1 Å². The smallest absolute Gasteiger partial charge is 0.254 e. The Morgan fingerprint density at radius 3 is 2.66 bits per heavy atom. The summed E-state index contributed by atoms with van der Waals surface area (Å²) >= 11 is 0. The van der Waals surface area contributed by atoms with Crippen LogP contribution in [0, 0.1) is 0 Å². The third-order valence-corrected chi connectivity index (χ3v) is 5.23. The zero-order valence-corrected chi connectivity index (χ0v) is 17.4. The molecule has 1 aliphatic heterocycles. The molecule has 0 aliphatic carbocycles.